The van der Waals surface area contributed by atoms with Crippen LogP contribution in [0.15, 0.2) is 40.2 Å². The molecule has 2 bridgehead atoms. The maximum Gasteiger partial charge on any atom is 0.307 e. The Morgan fingerprint density at radius 2 is 1.94 bits per heavy atom. The van der Waals surface area contributed by atoms with Gasteiger partial charge in [-0.15, -0.1) is 0 Å². The van der Waals surface area contributed by atoms with Gasteiger partial charge in [0.05, 0.1) is 30.3 Å². The molecule has 2 amide bonds. The van der Waals surface area contributed by atoms with Crippen LogP contribution in [0.3, 0.4) is 0 Å². The van der Waals surface area contributed by atoms with Crippen molar-refractivity contribution in [2.75, 3.05) is 5.32 Å². The van der Waals surface area contributed by atoms with Gasteiger partial charge in [0.2, 0.25) is 5.91 Å². The Balaban J connectivity index is 1.56. The standard InChI is InChI=1S/C23H28N4O5/c1-4-27-11-16(20(26-27)22(29)24-10-13-6-5-9-32-13)25-21(28)18-14-7-8-15(17(14)12(2)3)19(18)23(30)31/h5-6,9,11,14-15,18-19H,4,7-8,10H2,1-3H3,(H,24,29)(H,25,28)(H,30,31). The minimum absolute atomic E-state index is 0.0800. The number of carbonyl (C=O) groups is 3. The van der Waals surface area contributed by atoms with Gasteiger partial charge < -0.3 is 20.2 Å². The van der Waals surface area contributed by atoms with E-state index in [4.69, 9.17) is 4.42 Å². The lowest BCUT2D eigenvalue weighted by atomic mass is 9.78. The minimum Gasteiger partial charge on any atom is -0.481 e. The molecule has 9 heteroatoms. The highest BCUT2D eigenvalue weighted by molar-refractivity contribution is 6.03. The molecule has 2 aromatic rings. The summed E-state index contributed by atoms with van der Waals surface area (Å²) in [5, 5.41) is 19.7. The zero-order valence-electron chi connectivity index (χ0n) is 18.4. The summed E-state index contributed by atoms with van der Waals surface area (Å²) in [5.74, 6) is -2.78. The van der Waals surface area contributed by atoms with Crippen molar-refractivity contribution in [3.63, 3.8) is 0 Å². The number of fused-ring (bicyclic) bond motifs is 2. The van der Waals surface area contributed by atoms with E-state index in [9.17, 15) is 19.5 Å². The zero-order chi connectivity index (χ0) is 23.0. The second-order valence-corrected chi connectivity index (χ2v) is 8.63. The maximum atomic E-state index is 13.3. The SMILES string of the molecule is CCn1cc(NC(=O)C2C3CCC(C3=C(C)C)C2C(=O)O)c(C(=O)NCc2ccco2)n1. The molecule has 4 rings (SSSR count). The molecule has 2 heterocycles. The number of hydrogen-bond acceptors (Lipinski definition) is 5. The predicted octanol–water partition coefficient (Wildman–Crippen LogP) is 3.06. The van der Waals surface area contributed by atoms with Gasteiger partial charge in [-0.2, -0.15) is 5.10 Å². The molecule has 3 N–H and O–H groups in total. The molecule has 2 aliphatic rings. The number of anilines is 1. The molecule has 2 aliphatic carbocycles. The van der Waals surface area contributed by atoms with Crippen LogP contribution in [0, 0.1) is 23.7 Å². The molecule has 9 nitrogen and oxygen atoms in total. The third-order valence-electron chi connectivity index (χ3n) is 6.57. The molecule has 2 fully saturated rings. The highest BCUT2D eigenvalue weighted by Crippen LogP contribution is 2.57. The van der Waals surface area contributed by atoms with Crippen LogP contribution in [0.1, 0.15) is 49.9 Å². The molecule has 2 saturated carbocycles. The van der Waals surface area contributed by atoms with E-state index in [1.807, 2.05) is 20.8 Å². The highest BCUT2D eigenvalue weighted by Gasteiger charge is 2.57. The van der Waals surface area contributed by atoms with Crippen LogP contribution in [-0.2, 0) is 22.7 Å². The maximum absolute atomic E-state index is 13.3. The van der Waals surface area contributed by atoms with Crippen LogP contribution >= 0.6 is 0 Å². The molecule has 4 atom stereocenters. The minimum atomic E-state index is -0.947. The Bertz CT molecular complexity index is 1060. The van der Waals surface area contributed by atoms with E-state index in [0.717, 1.165) is 24.0 Å². The summed E-state index contributed by atoms with van der Waals surface area (Å²) >= 11 is 0. The van der Waals surface area contributed by atoms with Crippen molar-refractivity contribution in [2.24, 2.45) is 23.7 Å². The molecule has 0 aliphatic heterocycles. The summed E-state index contributed by atoms with van der Waals surface area (Å²) in [5.41, 5.74) is 2.57. The summed E-state index contributed by atoms with van der Waals surface area (Å²) in [4.78, 5) is 38.1. The van der Waals surface area contributed by atoms with Crippen molar-refractivity contribution in [1.82, 2.24) is 15.1 Å². The van der Waals surface area contributed by atoms with E-state index in [0.29, 0.717) is 12.3 Å². The van der Waals surface area contributed by atoms with Gasteiger partial charge in [0.25, 0.3) is 5.91 Å². The monoisotopic (exact) mass is 440 g/mol. The van der Waals surface area contributed by atoms with Gasteiger partial charge in [0.1, 0.15) is 5.76 Å². The van der Waals surface area contributed by atoms with E-state index < -0.39 is 23.7 Å². The van der Waals surface area contributed by atoms with Crippen LogP contribution in [0.2, 0.25) is 0 Å². The zero-order valence-corrected chi connectivity index (χ0v) is 18.4. The molecule has 0 aromatic carbocycles. The van der Waals surface area contributed by atoms with Gasteiger partial charge in [-0.05, 0) is 57.6 Å². The van der Waals surface area contributed by atoms with Crippen LogP contribution in [-0.4, -0.2) is 32.7 Å². The third kappa shape index (κ3) is 3.83. The Morgan fingerprint density at radius 1 is 1.22 bits per heavy atom. The van der Waals surface area contributed by atoms with Crippen LogP contribution in [0.4, 0.5) is 5.69 Å². The molecule has 2 aromatic heterocycles. The first-order valence-corrected chi connectivity index (χ1v) is 10.9. The fourth-order valence-electron chi connectivity index (χ4n) is 5.33. The number of nitrogens with zero attached hydrogens (tertiary/aromatic N) is 2. The van der Waals surface area contributed by atoms with E-state index >= 15 is 0 Å². The summed E-state index contributed by atoms with van der Waals surface area (Å²) < 4.78 is 6.79. The fourth-order valence-corrected chi connectivity index (χ4v) is 5.33. The first kappa shape index (κ1) is 21.9. The topological polar surface area (TPSA) is 126 Å². The van der Waals surface area contributed by atoms with Gasteiger partial charge in [0.15, 0.2) is 5.69 Å². The number of carboxylic acid groups (broad SMARTS) is 1. The fraction of sp³-hybridized carbons (Fsp3) is 0.478. The number of carboxylic acids is 1. The van der Waals surface area contributed by atoms with Crippen LogP contribution in [0.5, 0.6) is 0 Å². The molecule has 0 spiro atoms. The number of amides is 2. The average Bonchev–Trinajstić information content (AvgIpc) is 3.53. The van der Waals surface area contributed by atoms with E-state index in [1.165, 1.54) is 6.26 Å². The highest BCUT2D eigenvalue weighted by atomic mass is 16.4. The predicted molar refractivity (Wildman–Crippen MR) is 116 cm³/mol. The average molecular weight is 441 g/mol. The summed E-state index contributed by atoms with van der Waals surface area (Å²) in [6.07, 6.45) is 4.72. The Hall–Kier alpha value is -3.36. The number of nitrogens with one attached hydrogen (secondary N) is 2. The molecule has 0 radical (unpaired) electrons. The summed E-state index contributed by atoms with van der Waals surface area (Å²) in [6.45, 7) is 6.54. The molecular formula is C23H28N4O5. The second-order valence-electron chi connectivity index (χ2n) is 8.63. The molecule has 4 unspecified atom stereocenters. The second kappa shape index (κ2) is 8.64. The van der Waals surface area contributed by atoms with Crippen molar-refractivity contribution in [3.05, 3.63) is 47.2 Å². The van der Waals surface area contributed by atoms with E-state index in [-0.39, 0.29) is 35.7 Å². The number of rotatable bonds is 7. The van der Waals surface area contributed by atoms with Crippen LogP contribution in [0.25, 0.3) is 0 Å². The quantitative estimate of drug-likeness (QED) is 0.568. The number of aromatic nitrogens is 2. The largest absolute Gasteiger partial charge is 0.481 e. The van der Waals surface area contributed by atoms with Crippen molar-refractivity contribution >= 4 is 23.5 Å². The lowest BCUT2D eigenvalue weighted by Gasteiger charge is -2.26. The molecule has 170 valence electrons. The number of furan rings is 1. The normalized spacial score (nSPS) is 23.9. The van der Waals surface area contributed by atoms with Gasteiger partial charge in [-0.1, -0.05) is 11.1 Å². The lowest BCUT2D eigenvalue weighted by Crippen LogP contribution is -2.38. The first-order chi connectivity index (χ1) is 15.3. The Morgan fingerprint density at radius 3 is 2.53 bits per heavy atom. The number of aliphatic carboxylic acids is 1. The van der Waals surface area contributed by atoms with Crippen molar-refractivity contribution in [3.8, 4) is 0 Å². The van der Waals surface area contributed by atoms with Gasteiger partial charge >= 0.3 is 5.97 Å². The molecule has 0 saturated heterocycles. The van der Waals surface area contributed by atoms with Gasteiger partial charge in [-0.3, -0.25) is 19.1 Å². The molecule has 32 heavy (non-hydrogen) atoms. The van der Waals surface area contributed by atoms with Gasteiger partial charge in [-0.25, -0.2) is 0 Å². The first-order valence-electron chi connectivity index (χ1n) is 10.9. The summed E-state index contributed by atoms with van der Waals surface area (Å²) in [6, 6.07) is 3.48. The number of allylic oxidation sites excluding steroid dienone is 2. The van der Waals surface area contributed by atoms with Crippen molar-refractivity contribution < 1.29 is 23.9 Å². The van der Waals surface area contributed by atoms with Crippen molar-refractivity contribution in [2.45, 2.75) is 46.7 Å². The van der Waals surface area contributed by atoms with E-state index in [1.54, 1.807) is 23.0 Å². The number of carbonyl (C=O) groups excluding carboxylic acids is 2. The number of hydrogen-bond donors (Lipinski definition) is 3. The molecular weight excluding hydrogens is 412 g/mol. The Kier molecular flexibility index (Phi) is 5.90. The Labute approximate surface area is 185 Å². The smallest absolute Gasteiger partial charge is 0.307 e. The van der Waals surface area contributed by atoms with Gasteiger partial charge in [0, 0.05) is 12.7 Å². The van der Waals surface area contributed by atoms with E-state index in [2.05, 4.69) is 15.7 Å². The lowest BCUT2D eigenvalue weighted by molar-refractivity contribution is -0.148. The third-order valence-corrected chi connectivity index (χ3v) is 6.57. The van der Waals surface area contributed by atoms with Crippen LogP contribution < -0.4 is 10.6 Å². The number of aryl methyl sites for hydroxylation is 1. The van der Waals surface area contributed by atoms with Crippen molar-refractivity contribution in [1.29, 1.82) is 0 Å². The summed E-state index contributed by atoms with van der Waals surface area (Å²) in [7, 11) is 0.